The van der Waals surface area contributed by atoms with Crippen LogP contribution in [0.25, 0.3) is 0 Å². The summed E-state index contributed by atoms with van der Waals surface area (Å²) in [6.07, 6.45) is 0.533. The molecule has 64 valence electrons. The van der Waals surface area contributed by atoms with Gasteiger partial charge in [-0.25, -0.2) is 0 Å². The van der Waals surface area contributed by atoms with Gasteiger partial charge in [-0.1, -0.05) is 19.1 Å². The van der Waals surface area contributed by atoms with Crippen LogP contribution in [0.15, 0.2) is 12.1 Å². The fourth-order valence-corrected chi connectivity index (χ4v) is 1.29. The highest BCUT2D eigenvalue weighted by Crippen LogP contribution is 2.07. The maximum atomic E-state index is 11.3. The molecule has 1 aromatic rings. The molecule has 1 N–H and O–H groups in total. The molecule has 0 unspecified atom stereocenters. The van der Waals surface area contributed by atoms with Gasteiger partial charge < -0.3 is 4.98 Å². The van der Waals surface area contributed by atoms with Crippen molar-refractivity contribution in [1.82, 2.24) is 4.98 Å². The molecular formula is C9H11NOS. The number of rotatable bonds is 2. The fourth-order valence-electron chi connectivity index (χ4n) is 1.07. The monoisotopic (exact) mass is 181 g/mol. The number of nitrogens with one attached hydrogen (secondary N) is 1. The third-order valence-electron chi connectivity index (χ3n) is 1.74. The molecule has 1 rings (SSSR count). The van der Waals surface area contributed by atoms with E-state index in [1.165, 1.54) is 0 Å². The van der Waals surface area contributed by atoms with Gasteiger partial charge in [-0.15, -0.1) is 0 Å². The van der Waals surface area contributed by atoms with Gasteiger partial charge in [-0.2, -0.15) is 0 Å². The van der Waals surface area contributed by atoms with Crippen molar-refractivity contribution in [3.63, 3.8) is 0 Å². The van der Waals surface area contributed by atoms with Gasteiger partial charge in [0.1, 0.15) is 4.64 Å². The normalized spacial score (nSPS) is 9.83. The zero-order valence-corrected chi connectivity index (χ0v) is 7.99. The SMILES string of the molecule is CCC(=O)c1ccc(=S)[nH]c1C. The largest absolute Gasteiger partial charge is 0.350 e. The summed E-state index contributed by atoms with van der Waals surface area (Å²) < 4.78 is 0.667. The van der Waals surface area contributed by atoms with Crippen molar-refractivity contribution < 1.29 is 4.79 Å². The summed E-state index contributed by atoms with van der Waals surface area (Å²) in [6, 6.07) is 3.52. The molecule has 0 amide bonds. The Morgan fingerprint density at radius 1 is 1.58 bits per heavy atom. The van der Waals surface area contributed by atoms with Gasteiger partial charge in [-0.05, 0) is 19.1 Å². The first kappa shape index (κ1) is 9.13. The summed E-state index contributed by atoms with van der Waals surface area (Å²) in [5, 5.41) is 0. The van der Waals surface area contributed by atoms with Crippen LogP contribution in [0.2, 0.25) is 0 Å². The molecule has 1 heterocycles. The second kappa shape index (κ2) is 3.63. The topological polar surface area (TPSA) is 32.9 Å². The van der Waals surface area contributed by atoms with Gasteiger partial charge in [0.2, 0.25) is 0 Å². The minimum absolute atomic E-state index is 0.152. The van der Waals surface area contributed by atoms with Crippen LogP contribution >= 0.6 is 12.2 Å². The average Bonchev–Trinajstić information content (AvgIpc) is 2.03. The molecule has 0 atom stereocenters. The highest BCUT2D eigenvalue weighted by atomic mass is 32.1. The Balaban J connectivity index is 3.18. The van der Waals surface area contributed by atoms with E-state index in [0.29, 0.717) is 11.1 Å². The number of hydrogen-bond donors (Lipinski definition) is 1. The van der Waals surface area contributed by atoms with Crippen molar-refractivity contribution in [2.24, 2.45) is 0 Å². The van der Waals surface area contributed by atoms with Gasteiger partial charge >= 0.3 is 0 Å². The number of aryl methyl sites for hydroxylation is 1. The van der Waals surface area contributed by atoms with Crippen LogP contribution in [0.3, 0.4) is 0 Å². The molecule has 0 aliphatic carbocycles. The quantitative estimate of drug-likeness (QED) is 0.562. The summed E-state index contributed by atoms with van der Waals surface area (Å²) in [4.78, 5) is 14.2. The number of aromatic nitrogens is 1. The van der Waals surface area contributed by atoms with E-state index in [1.54, 1.807) is 12.1 Å². The average molecular weight is 181 g/mol. The summed E-state index contributed by atoms with van der Waals surface area (Å²) in [6.45, 7) is 3.71. The van der Waals surface area contributed by atoms with Gasteiger partial charge in [0, 0.05) is 17.7 Å². The summed E-state index contributed by atoms with van der Waals surface area (Å²) in [7, 11) is 0. The first-order valence-electron chi connectivity index (χ1n) is 3.88. The van der Waals surface area contributed by atoms with E-state index in [2.05, 4.69) is 4.98 Å². The molecule has 1 aromatic heterocycles. The molecule has 0 bridgehead atoms. The highest BCUT2D eigenvalue weighted by molar-refractivity contribution is 7.71. The zero-order chi connectivity index (χ0) is 9.14. The van der Waals surface area contributed by atoms with Crippen molar-refractivity contribution in [1.29, 1.82) is 0 Å². The molecule has 0 radical (unpaired) electrons. The molecule has 0 saturated heterocycles. The number of hydrogen-bond acceptors (Lipinski definition) is 2. The van der Waals surface area contributed by atoms with Crippen molar-refractivity contribution in [3.8, 4) is 0 Å². The van der Waals surface area contributed by atoms with Gasteiger partial charge in [0.05, 0.1) is 0 Å². The second-order valence-corrected chi connectivity index (χ2v) is 3.08. The summed E-state index contributed by atoms with van der Waals surface area (Å²) >= 11 is 4.92. The number of H-pyrrole nitrogens is 1. The van der Waals surface area contributed by atoms with Crippen LogP contribution in [-0.2, 0) is 0 Å². The van der Waals surface area contributed by atoms with Crippen molar-refractivity contribution in [2.75, 3.05) is 0 Å². The lowest BCUT2D eigenvalue weighted by Crippen LogP contribution is -2.01. The molecule has 0 saturated carbocycles. The Kier molecular flexibility index (Phi) is 2.76. The number of carbonyl (C=O) groups excluding carboxylic acids is 1. The van der Waals surface area contributed by atoms with Gasteiger partial charge in [0.15, 0.2) is 5.78 Å². The van der Waals surface area contributed by atoms with Crippen LogP contribution in [0.5, 0.6) is 0 Å². The van der Waals surface area contributed by atoms with Crippen LogP contribution < -0.4 is 0 Å². The number of ketones is 1. The molecule has 0 aromatic carbocycles. The van der Waals surface area contributed by atoms with E-state index < -0.39 is 0 Å². The van der Waals surface area contributed by atoms with Crippen molar-refractivity contribution in [2.45, 2.75) is 20.3 Å². The molecule has 0 aliphatic heterocycles. The number of carbonyl (C=O) groups is 1. The minimum Gasteiger partial charge on any atom is -0.350 e. The predicted octanol–water partition coefficient (Wildman–Crippen LogP) is 2.65. The van der Waals surface area contributed by atoms with E-state index in [9.17, 15) is 4.79 Å². The lowest BCUT2D eigenvalue weighted by molar-refractivity contribution is 0.0987. The van der Waals surface area contributed by atoms with E-state index >= 15 is 0 Å². The van der Waals surface area contributed by atoms with E-state index in [1.807, 2.05) is 13.8 Å². The summed E-state index contributed by atoms with van der Waals surface area (Å²) in [5.74, 6) is 0.152. The number of Topliss-reactive ketones (excluding diaryl/α,β-unsaturated/α-hetero) is 1. The molecular weight excluding hydrogens is 170 g/mol. The standard InChI is InChI=1S/C9H11NOS/c1-3-8(11)7-4-5-9(12)10-6(7)2/h4-5H,3H2,1-2H3,(H,10,12). The van der Waals surface area contributed by atoms with E-state index in [0.717, 1.165) is 11.3 Å². The van der Waals surface area contributed by atoms with Gasteiger partial charge in [0.25, 0.3) is 0 Å². The second-order valence-electron chi connectivity index (χ2n) is 2.64. The van der Waals surface area contributed by atoms with Crippen LogP contribution in [0, 0.1) is 11.6 Å². The maximum Gasteiger partial charge on any atom is 0.164 e. The van der Waals surface area contributed by atoms with E-state index in [-0.39, 0.29) is 5.78 Å². The lowest BCUT2D eigenvalue weighted by Gasteiger charge is -2.01. The lowest BCUT2D eigenvalue weighted by atomic mass is 10.1. The molecule has 0 aliphatic rings. The Hall–Kier alpha value is -0.960. The first-order valence-corrected chi connectivity index (χ1v) is 4.29. The smallest absolute Gasteiger partial charge is 0.164 e. The number of aromatic amines is 1. The maximum absolute atomic E-state index is 11.3. The first-order chi connectivity index (χ1) is 5.65. The Morgan fingerprint density at radius 2 is 2.25 bits per heavy atom. The third kappa shape index (κ3) is 1.80. The molecule has 3 heteroatoms. The fraction of sp³-hybridized carbons (Fsp3) is 0.333. The van der Waals surface area contributed by atoms with Crippen molar-refractivity contribution in [3.05, 3.63) is 28.0 Å². The number of pyridine rings is 1. The van der Waals surface area contributed by atoms with Crippen molar-refractivity contribution >= 4 is 18.0 Å². The summed E-state index contributed by atoms with van der Waals surface area (Å²) in [5.41, 5.74) is 1.60. The zero-order valence-electron chi connectivity index (χ0n) is 7.18. The van der Waals surface area contributed by atoms with Crippen LogP contribution in [-0.4, -0.2) is 10.8 Å². The van der Waals surface area contributed by atoms with Crippen LogP contribution in [0.4, 0.5) is 0 Å². The molecule has 2 nitrogen and oxygen atoms in total. The minimum atomic E-state index is 0.152. The molecule has 12 heavy (non-hydrogen) atoms. The highest BCUT2D eigenvalue weighted by Gasteiger charge is 2.05. The Bertz CT molecular complexity index is 354. The molecule has 0 spiro atoms. The van der Waals surface area contributed by atoms with Gasteiger partial charge in [-0.3, -0.25) is 4.79 Å². The Morgan fingerprint density at radius 3 is 2.75 bits per heavy atom. The van der Waals surface area contributed by atoms with E-state index in [4.69, 9.17) is 12.2 Å². The predicted molar refractivity (Wildman–Crippen MR) is 51.0 cm³/mol. The molecule has 0 fully saturated rings. The van der Waals surface area contributed by atoms with Crippen LogP contribution in [0.1, 0.15) is 29.4 Å². The third-order valence-corrected chi connectivity index (χ3v) is 1.98. The Labute approximate surface area is 76.6 Å².